The third-order valence-electron chi connectivity index (χ3n) is 4.20. The molecule has 0 saturated carbocycles. The molecular weight excluding hydrogens is 353 g/mol. The summed E-state index contributed by atoms with van der Waals surface area (Å²) in [4.78, 5) is 0. The standard InChI is InChI=1S/C19H27NO3PS/c1-5-6-14-24(2,3)18-13-9-11-16(19(18)23-25(4,21)22)15-10-7-8-12-17(15)20/h7-13H,5-6,14,20H2,1-4H3/q+1. The maximum atomic E-state index is 11.9. The van der Waals surface area contributed by atoms with Crippen molar-refractivity contribution in [3.63, 3.8) is 0 Å². The second-order valence-electron chi connectivity index (χ2n) is 6.79. The molecule has 0 aliphatic rings. The second kappa shape index (κ2) is 7.76. The van der Waals surface area contributed by atoms with Crippen LogP contribution in [-0.2, 0) is 10.1 Å². The van der Waals surface area contributed by atoms with Crippen LogP contribution in [0.2, 0.25) is 0 Å². The maximum absolute atomic E-state index is 11.9. The number of benzene rings is 2. The van der Waals surface area contributed by atoms with Gasteiger partial charge in [0.1, 0.15) is 5.30 Å². The lowest BCUT2D eigenvalue weighted by Gasteiger charge is -2.22. The molecule has 0 fully saturated rings. The Morgan fingerprint density at radius 1 is 1.04 bits per heavy atom. The fraction of sp³-hybridized carbons (Fsp3) is 0.368. The zero-order valence-electron chi connectivity index (χ0n) is 15.3. The monoisotopic (exact) mass is 380 g/mol. The lowest BCUT2D eigenvalue weighted by Crippen LogP contribution is -2.19. The summed E-state index contributed by atoms with van der Waals surface area (Å²) in [5, 5.41) is 0.993. The molecule has 2 rings (SSSR count). The smallest absolute Gasteiger partial charge is 0.306 e. The van der Waals surface area contributed by atoms with E-state index in [2.05, 4.69) is 20.3 Å². The van der Waals surface area contributed by atoms with Crippen LogP contribution in [0.5, 0.6) is 5.75 Å². The third kappa shape index (κ3) is 4.96. The van der Waals surface area contributed by atoms with E-state index >= 15 is 0 Å². The zero-order chi connectivity index (χ0) is 18.7. The number of para-hydroxylation sites is 2. The Balaban J connectivity index is 2.69. The van der Waals surface area contributed by atoms with Gasteiger partial charge in [0.2, 0.25) is 0 Å². The molecule has 0 heterocycles. The van der Waals surface area contributed by atoms with Crippen LogP contribution in [0.3, 0.4) is 0 Å². The van der Waals surface area contributed by atoms with E-state index < -0.39 is 17.4 Å². The molecule has 6 heteroatoms. The van der Waals surface area contributed by atoms with E-state index in [0.29, 0.717) is 11.4 Å². The van der Waals surface area contributed by atoms with Crippen molar-refractivity contribution in [3.8, 4) is 16.9 Å². The van der Waals surface area contributed by atoms with Crippen molar-refractivity contribution >= 4 is 28.4 Å². The van der Waals surface area contributed by atoms with Gasteiger partial charge in [0.15, 0.2) is 5.75 Å². The summed E-state index contributed by atoms with van der Waals surface area (Å²) in [5.74, 6) is 0.428. The first-order chi connectivity index (χ1) is 11.7. The minimum absolute atomic E-state index is 0.428. The Bertz CT molecular complexity index is 847. The summed E-state index contributed by atoms with van der Waals surface area (Å²) in [5.41, 5.74) is 8.25. The average molecular weight is 380 g/mol. The highest BCUT2D eigenvalue weighted by atomic mass is 32.2. The average Bonchev–Trinajstić information content (AvgIpc) is 2.52. The minimum atomic E-state index is -3.65. The lowest BCUT2D eigenvalue weighted by atomic mass is 10.0. The van der Waals surface area contributed by atoms with Gasteiger partial charge in [-0.3, -0.25) is 0 Å². The van der Waals surface area contributed by atoms with Crippen LogP contribution >= 0.6 is 7.26 Å². The number of rotatable bonds is 7. The first kappa shape index (κ1) is 19.7. The van der Waals surface area contributed by atoms with Crippen LogP contribution in [0.25, 0.3) is 11.1 Å². The van der Waals surface area contributed by atoms with E-state index in [4.69, 9.17) is 9.92 Å². The van der Waals surface area contributed by atoms with Crippen molar-refractivity contribution < 1.29 is 12.6 Å². The fourth-order valence-corrected chi connectivity index (χ4v) is 5.97. The van der Waals surface area contributed by atoms with Crippen LogP contribution in [0, 0.1) is 0 Å². The highest BCUT2D eigenvalue weighted by Crippen LogP contribution is 2.54. The van der Waals surface area contributed by atoms with Crippen LogP contribution in [0.4, 0.5) is 5.69 Å². The Labute approximate surface area is 151 Å². The Morgan fingerprint density at radius 2 is 1.68 bits per heavy atom. The Morgan fingerprint density at radius 3 is 2.28 bits per heavy atom. The predicted molar refractivity (Wildman–Crippen MR) is 110 cm³/mol. The number of hydrogen-bond acceptors (Lipinski definition) is 4. The molecule has 4 nitrogen and oxygen atoms in total. The molecule has 2 N–H and O–H groups in total. The van der Waals surface area contributed by atoms with Gasteiger partial charge in [-0.15, -0.1) is 0 Å². The zero-order valence-corrected chi connectivity index (χ0v) is 17.0. The summed E-state index contributed by atoms with van der Waals surface area (Å²) in [6, 6.07) is 13.3. The molecule has 0 bridgehead atoms. The van der Waals surface area contributed by atoms with Gasteiger partial charge in [-0.1, -0.05) is 43.7 Å². The fourth-order valence-electron chi connectivity index (χ4n) is 2.87. The van der Waals surface area contributed by atoms with Gasteiger partial charge in [-0.25, -0.2) is 0 Å². The molecule has 25 heavy (non-hydrogen) atoms. The molecule has 0 aliphatic heterocycles. The Kier molecular flexibility index (Phi) is 6.12. The van der Waals surface area contributed by atoms with Crippen molar-refractivity contribution in [2.24, 2.45) is 0 Å². The molecule has 0 atom stereocenters. The maximum Gasteiger partial charge on any atom is 0.306 e. The van der Waals surface area contributed by atoms with Crippen molar-refractivity contribution in [2.75, 3.05) is 31.5 Å². The number of nitrogens with two attached hydrogens (primary N) is 1. The molecule has 0 aromatic heterocycles. The van der Waals surface area contributed by atoms with E-state index in [-0.39, 0.29) is 0 Å². The Hall–Kier alpha value is -1.58. The summed E-state index contributed by atoms with van der Waals surface area (Å²) in [6.07, 6.45) is 4.35. The van der Waals surface area contributed by atoms with Gasteiger partial charge in [0, 0.05) is 24.1 Å². The van der Waals surface area contributed by atoms with Gasteiger partial charge >= 0.3 is 10.1 Å². The van der Waals surface area contributed by atoms with Crippen molar-refractivity contribution in [1.29, 1.82) is 0 Å². The van der Waals surface area contributed by atoms with E-state index in [9.17, 15) is 8.42 Å². The van der Waals surface area contributed by atoms with Gasteiger partial charge in [-0.2, -0.15) is 8.42 Å². The summed E-state index contributed by atoms with van der Waals surface area (Å²) < 4.78 is 29.3. The van der Waals surface area contributed by atoms with Gasteiger partial charge in [0.25, 0.3) is 0 Å². The highest BCUT2D eigenvalue weighted by molar-refractivity contribution is 7.86. The molecule has 0 radical (unpaired) electrons. The first-order valence-electron chi connectivity index (χ1n) is 8.36. The quantitative estimate of drug-likeness (QED) is 0.448. The van der Waals surface area contributed by atoms with E-state index in [1.807, 2.05) is 42.5 Å². The summed E-state index contributed by atoms with van der Waals surface area (Å²) in [7, 11) is -5.17. The molecule has 136 valence electrons. The third-order valence-corrected chi connectivity index (χ3v) is 7.76. The molecule has 0 aliphatic carbocycles. The molecule has 0 unspecified atom stereocenters. The normalized spacial score (nSPS) is 12.2. The number of anilines is 1. The molecule has 0 saturated heterocycles. The number of unbranched alkanes of at least 4 members (excludes halogenated alkanes) is 1. The van der Waals surface area contributed by atoms with Gasteiger partial charge < -0.3 is 9.92 Å². The molecule has 2 aromatic rings. The molecule has 0 amide bonds. The van der Waals surface area contributed by atoms with Crippen LogP contribution in [0.1, 0.15) is 19.8 Å². The second-order valence-corrected chi connectivity index (χ2v) is 12.7. The lowest BCUT2D eigenvalue weighted by molar-refractivity contribution is 0.495. The molecule has 2 aromatic carbocycles. The number of nitrogen functional groups attached to an aromatic ring is 1. The van der Waals surface area contributed by atoms with Crippen LogP contribution < -0.4 is 15.2 Å². The topological polar surface area (TPSA) is 69.4 Å². The summed E-state index contributed by atoms with van der Waals surface area (Å²) in [6.45, 7) is 6.62. The van der Waals surface area contributed by atoms with E-state index in [1.165, 1.54) is 0 Å². The van der Waals surface area contributed by atoms with Crippen molar-refractivity contribution in [3.05, 3.63) is 42.5 Å². The highest BCUT2D eigenvalue weighted by Gasteiger charge is 2.34. The van der Waals surface area contributed by atoms with E-state index in [0.717, 1.165) is 41.7 Å². The summed E-state index contributed by atoms with van der Waals surface area (Å²) >= 11 is 0. The predicted octanol–water partition coefficient (Wildman–Crippen LogP) is 3.98. The van der Waals surface area contributed by atoms with Gasteiger partial charge in [0.05, 0.1) is 25.7 Å². The molecular formula is C19H27NO3PS+. The number of hydrogen-bond donors (Lipinski definition) is 1. The van der Waals surface area contributed by atoms with E-state index in [1.54, 1.807) is 0 Å². The minimum Gasteiger partial charge on any atom is -0.398 e. The van der Waals surface area contributed by atoms with Crippen LogP contribution in [-0.4, -0.2) is 34.2 Å². The molecule has 0 spiro atoms. The van der Waals surface area contributed by atoms with Crippen molar-refractivity contribution in [2.45, 2.75) is 19.8 Å². The van der Waals surface area contributed by atoms with Crippen LogP contribution in [0.15, 0.2) is 42.5 Å². The SMILES string of the molecule is CCCC[P+](C)(C)c1cccc(-c2ccccc2N)c1OS(C)(=O)=O. The largest absolute Gasteiger partial charge is 0.398 e. The van der Waals surface area contributed by atoms with Gasteiger partial charge in [-0.05, 0) is 18.6 Å². The van der Waals surface area contributed by atoms with Crippen molar-refractivity contribution in [1.82, 2.24) is 0 Å². The first-order valence-corrected chi connectivity index (χ1v) is 13.0.